The molecule has 0 aliphatic carbocycles. The van der Waals surface area contributed by atoms with Crippen molar-refractivity contribution in [3.8, 4) is 17.2 Å². The number of guanidine groups is 1. The van der Waals surface area contributed by atoms with E-state index in [0.29, 0.717) is 36.1 Å². The fourth-order valence-corrected chi connectivity index (χ4v) is 2.64. The third-order valence-electron chi connectivity index (χ3n) is 4.11. The lowest BCUT2D eigenvalue weighted by molar-refractivity contribution is 0.182. The Labute approximate surface area is 174 Å². The molecular weight excluding hydrogens is 396 g/mol. The Balaban J connectivity index is 1.93. The van der Waals surface area contributed by atoms with Crippen LogP contribution >= 0.6 is 0 Å². The molecule has 3 N–H and O–H groups in total. The molecule has 1 atom stereocenters. The van der Waals surface area contributed by atoms with Gasteiger partial charge >= 0.3 is 0 Å². The Hall–Kier alpha value is -3.07. The predicted molar refractivity (Wildman–Crippen MR) is 110 cm³/mol. The molecule has 0 amide bonds. The zero-order valence-electron chi connectivity index (χ0n) is 17.2. The lowest BCUT2D eigenvalue weighted by Crippen LogP contribution is -2.39. The summed E-state index contributed by atoms with van der Waals surface area (Å²) in [7, 11) is 3.07. The van der Waals surface area contributed by atoms with Crippen molar-refractivity contribution in [2.45, 2.75) is 13.0 Å². The lowest BCUT2D eigenvalue weighted by Gasteiger charge is -2.16. The molecule has 1 unspecified atom stereocenters. The average Bonchev–Trinajstić information content (AvgIpc) is 2.75. The Kier molecular flexibility index (Phi) is 9.14. The van der Waals surface area contributed by atoms with E-state index in [4.69, 9.17) is 14.2 Å². The van der Waals surface area contributed by atoms with Crippen molar-refractivity contribution in [2.75, 3.05) is 40.5 Å². The van der Waals surface area contributed by atoms with Gasteiger partial charge in [0.25, 0.3) is 0 Å². The normalized spacial score (nSPS) is 12.3. The summed E-state index contributed by atoms with van der Waals surface area (Å²) in [5, 5.41) is 16.6. The van der Waals surface area contributed by atoms with Crippen molar-refractivity contribution >= 4 is 5.96 Å². The van der Waals surface area contributed by atoms with Crippen LogP contribution < -0.4 is 24.8 Å². The molecule has 0 saturated carbocycles. The Bertz CT molecular complexity index is 849. The molecule has 0 bridgehead atoms. The molecule has 0 spiro atoms. The first-order valence-corrected chi connectivity index (χ1v) is 9.48. The summed E-state index contributed by atoms with van der Waals surface area (Å²) in [4.78, 5) is 4.36. The van der Waals surface area contributed by atoms with E-state index in [9.17, 15) is 13.9 Å². The topological polar surface area (TPSA) is 84.3 Å². The van der Waals surface area contributed by atoms with Gasteiger partial charge in [-0.1, -0.05) is 0 Å². The number of benzene rings is 2. The zero-order valence-corrected chi connectivity index (χ0v) is 17.2. The molecule has 0 fully saturated rings. The number of ether oxygens (including phenoxy) is 3. The molecule has 9 heteroatoms. The van der Waals surface area contributed by atoms with E-state index in [1.54, 1.807) is 25.3 Å². The van der Waals surface area contributed by atoms with Gasteiger partial charge in [-0.3, -0.25) is 4.99 Å². The molecule has 30 heavy (non-hydrogen) atoms. The maximum Gasteiger partial charge on any atom is 0.191 e. The van der Waals surface area contributed by atoms with Crippen molar-refractivity contribution < 1.29 is 28.1 Å². The van der Waals surface area contributed by atoms with Crippen LogP contribution in [0.2, 0.25) is 0 Å². The summed E-state index contributed by atoms with van der Waals surface area (Å²) in [5.74, 6) is 0.147. The van der Waals surface area contributed by atoms with Gasteiger partial charge < -0.3 is 30.0 Å². The third kappa shape index (κ3) is 6.77. The Morgan fingerprint density at radius 2 is 1.83 bits per heavy atom. The van der Waals surface area contributed by atoms with E-state index in [1.165, 1.54) is 13.2 Å². The van der Waals surface area contributed by atoms with Crippen molar-refractivity contribution in [3.63, 3.8) is 0 Å². The number of hydrogen-bond acceptors (Lipinski definition) is 5. The van der Waals surface area contributed by atoms with Crippen molar-refractivity contribution in [1.82, 2.24) is 10.6 Å². The first-order chi connectivity index (χ1) is 14.5. The minimum absolute atomic E-state index is 0.0271. The number of aliphatic imine (C=N–C) groups is 1. The summed E-state index contributed by atoms with van der Waals surface area (Å²) in [6, 6.07) is 8.30. The minimum atomic E-state index is -0.907. The molecule has 0 heterocycles. The Morgan fingerprint density at radius 1 is 1.07 bits per heavy atom. The van der Waals surface area contributed by atoms with E-state index in [2.05, 4.69) is 15.6 Å². The van der Waals surface area contributed by atoms with Crippen LogP contribution in [0, 0.1) is 11.6 Å². The summed E-state index contributed by atoms with van der Waals surface area (Å²) < 4.78 is 42.3. The van der Waals surface area contributed by atoms with Crippen molar-refractivity contribution in [2.24, 2.45) is 4.99 Å². The summed E-state index contributed by atoms with van der Waals surface area (Å²) >= 11 is 0. The van der Waals surface area contributed by atoms with Gasteiger partial charge in [0.2, 0.25) is 0 Å². The molecule has 2 rings (SSSR count). The van der Waals surface area contributed by atoms with Gasteiger partial charge in [-0.05, 0) is 37.3 Å². The monoisotopic (exact) mass is 423 g/mol. The summed E-state index contributed by atoms with van der Waals surface area (Å²) in [6.07, 6.45) is -0.907. The second kappa shape index (κ2) is 11.8. The van der Waals surface area contributed by atoms with Gasteiger partial charge in [0, 0.05) is 18.2 Å². The molecular formula is C21H27F2N3O4. The maximum absolute atomic E-state index is 13.6. The van der Waals surface area contributed by atoms with Crippen LogP contribution in [0.5, 0.6) is 17.2 Å². The summed E-state index contributed by atoms with van der Waals surface area (Å²) in [5.41, 5.74) is 0.562. The highest BCUT2D eigenvalue weighted by Crippen LogP contribution is 2.29. The van der Waals surface area contributed by atoms with Crippen LogP contribution in [0.25, 0.3) is 0 Å². The van der Waals surface area contributed by atoms with Crippen LogP contribution in [0.4, 0.5) is 8.78 Å². The average molecular weight is 423 g/mol. The first kappa shape index (κ1) is 23.2. The van der Waals surface area contributed by atoms with Crippen molar-refractivity contribution in [3.05, 3.63) is 53.6 Å². The SMILES string of the molecule is CCNC(=NCC(O)c1cc(OC)ccc1OC)NCCOc1ccc(F)cc1F. The number of aliphatic hydroxyl groups excluding tert-OH is 1. The molecule has 7 nitrogen and oxygen atoms in total. The standard InChI is InChI=1S/C21H27F2N3O4/c1-4-24-21(25-9-10-30-20-7-5-14(22)11-17(20)23)26-13-18(27)16-12-15(28-2)6-8-19(16)29-3/h5-8,11-12,18,27H,4,9-10,13H2,1-3H3,(H2,24,25,26). The highest BCUT2D eigenvalue weighted by atomic mass is 19.1. The van der Waals surface area contributed by atoms with Gasteiger partial charge in [0.15, 0.2) is 17.5 Å². The number of hydrogen-bond donors (Lipinski definition) is 3. The van der Waals surface area contributed by atoms with Gasteiger partial charge in [-0.25, -0.2) is 8.78 Å². The molecule has 0 aliphatic rings. The van der Waals surface area contributed by atoms with Crippen LogP contribution in [-0.4, -0.2) is 51.5 Å². The number of aliphatic hydroxyl groups is 1. The second-order valence-electron chi connectivity index (χ2n) is 6.19. The van der Waals surface area contributed by atoms with E-state index < -0.39 is 17.7 Å². The smallest absolute Gasteiger partial charge is 0.191 e. The van der Waals surface area contributed by atoms with Crippen LogP contribution in [0.3, 0.4) is 0 Å². The van der Waals surface area contributed by atoms with Gasteiger partial charge in [0.05, 0.1) is 27.3 Å². The number of nitrogens with zero attached hydrogens (tertiary/aromatic N) is 1. The van der Waals surface area contributed by atoms with Crippen molar-refractivity contribution in [1.29, 1.82) is 0 Å². The van der Waals surface area contributed by atoms with Crippen LogP contribution in [0.1, 0.15) is 18.6 Å². The highest BCUT2D eigenvalue weighted by molar-refractivity contribution is 5.79. The predicted octanol–water partition coefficient (Wildman–Crippen LogP) is 2.65. The molecule has 0 aliphatic heterocycles. The van der Waals surface area contributed by atoms with Crippen LogP contribution in [-0.2, 0) is 0 Å². The number of methoxy groups -OCH3 is 2. The van der Waals surface area contributed by atoms with Gasteiger partial charge in [-0.15, -0.1) is 0 Å². The quantitative estimate of drug-likeness (QED) is 0.310. The maximum atomic E-state index is 13.6. The molecule has 0 saturated heterocycles. The first-order valence-electron chi connectivity index (χ1n) is 9.48. The highest BCUT2D eigenvalue weighted by Gasteiger charge is 2.15. The largest absolute Gasteiger partial charge is 0.497 e. The molecule has 0 aromatic heterocycles. The van der Waals surface area contributed by atoms with E-state index in [-0.39, 0.29) is 18.9 Å². The second-order valence-corrected chi connectivity index (χ2v) is 6.19. The van der Waals surface area contributed by atoms with Gasteiger partial charge in [0.1, 0.15) is 30.0 Å². The fraction of sp³-hybridized carbons (Fsp3) is 0.381. The number of halogens is 2. The number of nitrogens with one attached hydrogen (secondary N) is 2. The third-order valence-corrected chi connectivity index (χ3v) is 4.11. The van der Waals surface area contributed by atoms with Crippen LogP contribution in [0.15, 0.2) is 41.4 Å². The lowest BCUT2D eigenvalue weighted by atomic mass is 10.1. The minimum Gasteiger partial charge on any atom is -0.497 e. The summed E-state index contributed by atoms with van der Waals surface area (Å²) in [6.45, 7) is 3.05. The van der Waals surface area contributed by atoms with Gasteiger partial charge in [-0.2, -0.15) is 0 Å². The molecule has 2 aromatic rings. The molecule has 0 radical (unpaired) electrons. The number of rotatable bonds is 10. The van der Waals surface area contributed by atoms with E-state index in [0.717, 1.165) is 12.1 Å². The zero-order chi connectivity index (χ0) is 21.9. The van der Waals surface area contributed by atoms with E-state index in [1.807, 2.05) is 6.92 Å². The van der Waals surface area contributed by atoms with E-state index >= 15 is 0 Å². The Morgan fingerprint density at radius 3 is 2.50 bits per heavy atom. The molecule has 2 aromatic carbocycles. The fourth-order valence-electron chi connectivity index (χ4n) is 2.64. The molecule has 164 valence electrons.